The lowest BCUT2D eigenvalue weighted by Gasteiger charge is -2.42. The van der Waals surface area contributed by atoms with E-state index in [-0.39, 0.29) is 42.3 Å². The molecule has 1 aromatic heterocycles. The van der Waals surface area contributed by atoms with Crippen molar-refractivity contribution in [3.8, 4) is 0 Å². The number of nitrogens with one attached hydrogen (secondary N) is 1. The molecular weight excluding hydrogens is 487 g/mol. The molecule has 3 saturated heterocycles. The maximum atomic E-state index is 14.2. The summed E-state index contributed by atoms with van der Waals surface area (Å²) in [4.78, 5) is 22.8. The first-order valence-corrected chi connectivity index (χ1v) is 14.0. The number of rotatable bonds is 4. The topological polar surface area (TPSA) is 76.2 Å². The Labute approximate surface area is 221 Å². The molecule has 1 N–H and O–H groups in total. The molecule has 5 heterocycles. The molecule has 200 valence electrons. The second kappa shape index (κ2) is 8.13. The Balaban J connectivity index is 1.13. The molecule has 38 heavy (non-hydrogen) atoms. The van der Waals surface area contributed by atoms with Crippen LogP contribution < -0.4 is 15.1 Å². The van der Waals surface area contributed by atoms with Gasteiger partial charge in [-0.2, -0.15) is 0 Å². The molecule has 2 aromatic rings. The van der Waals surface area contributed by atoms with Crippen LogP contribution in [0.3, 0.4) is 0 Å². The van der Waals surface area contributed by atoms with E-state index in [0.29, 0.717) is 42.6 Å². The Bertz CT molecular complexity index is 1310. The highest BCUT2D eigenvalue weighted by atomic mass is 19.1. The molecule has 1 amide bonds. The maximum absolute atomic E-state index is 14.2. The molecule has 8 nitrogen and oxygen atoms in total. The lowest BCUT2D eigenvalue weighted by Crippen LogP contribution is -2.57. The van der Waals surface area contributed by atoms with Gasteiger partial charge in [0.25, 0.3) is 0 Å². The van der Waals surface area contributed by atoms with Crippen LogP contribution in [0.1, 0.15) is 45.1 Å². The van der Waals surface area contributed by atoms with Crippen molar-refractivity contribution in [2.45, 2.75) is 82.1 Å². The Morgan fingerprint density at radius 1 is 1.21 bits per heavy atom. The predicted molar refractivity (Wildman–Crippen MR) is 139 cm³/mol. The summed E-state index contributed by atoms with van der Waals surface area (Å²) in [6.45, 7) is 5.81. The Hall–Kier alpha value is -2.75. The molecule has 2 saturated carbocycles. The van der Waals surface area contributed by atoms with E-state index in [9.17, 15) is 9.18 Å². The highest BCUT2D eigenvalue weighted by molar-refractivity contribution is 6.00. The van der Waals surface area contributed by atoms with Crippen LogP contribution in [-0.2, 0) is 25.5 Å². The highest BCUT2D eigenvalue weighted by Gasteiger charge is 2.86. The van der Waals surface area contributed by atoms with Crippen molar-refractivity contribution in [3.05, 3.63) is 41.8 Å². The Morgan fingerprint density at radius 2 is 2.05 bits per heavy atom. The number of hydrogen-bond donors (Lipinski definition) is 1. The van der Waals surface area contributed by atoms with Crippen LogP contribution in [0.2, 0.25) is 0 Å². The number of fused-ring (bicyclic) bond motifs is 2. The molecule has 1 spiro atoms. The summed E-state index contributed by atoms with van der Waals surface area (Å²) in [5.74, 6) is 0.620. The summed E-state index contributed by atoms with van der Waals surface area (Å²) < 4.78 is 32.4. The quantitative estimate of drug-likeness (QED) is 0.649. The first kappa shape index (κ1) is 23.2. The van der Waals surface area contributed by atoms with Gasteiger partial charge in [0.1, 0.15) is 17.2 Å². The van der Waals surface area contributed by atoms with Crippen LogP contribution in [0.4, 0.5) is 27.3 Å². The number of aromatic nitrogens is 1. The van der Waals surface area contributed by atoms with Crippen molar-refractivity contribution in [1.29, 1.82) is 0 Å². The van der Waals surface area contributed by atoms with Gasteiger partial charge in [0, 0.05) is 23.1 Å². The van der Waals surface area contributed by atoms with Gasteiger partial charge in [-0.3, -0.25) is 4.79 Å². The minimum atomic E-state index is -0.404. The van der Waals surface area contributed by atoms with Crippen molar-refractivity contribution in [1.82, 2.24) is 4.98 Å². The highest BCUT2D eigenvalue weighted by Crippen LogP contribution is 2.69. The minimum absolute atomic E-state index is 0.0855. The first-order chi connectivity index (χ1) is 18.4. The summed E-state index contributed by atoms with van der Waals surface area (Å²) in [5.41, 5.74) is 3.25. The summed E-state index contributed by atoms with van der Waals surface area (Å²) in [7, 11) is 0. The van der Waals surface area contributed by atoms with Crippen LogP contribution in [0.15, 0.2) is 30.5 Å². The number of benzene rings is 1. The third kappa shape index (κ3) is 3.18. The fraction of sp³-hybridized carbons (Fsp3) is 0.586. The maximum Gasteiger partial charge on any atom is 0.230 e. The molecule has 0 radical (unpaired) electrons. The van der Waals surface area contributed by atoms with E-state index < -0.39 is 5.82 Å². The lowest BCUT2D eigenvalue weighted by atomic mass is 9.86. The lowest BCUT2D eigenvalue weighted by molar-refractivity contribution is -0.124. The molecule has 1 aromatic carbocycles. The normalized spacial score (nSPS) is 36.0. The number of nitrogens with zero attached hydrogens (tertiary/aromatic N) is 3. The van der Waals surface area contributed by atoms with Crippen molar-refractivity contribution in [3.63, 3.8) is 0 Å². The van der Waals surface area contributed by atoms with Crippen molar-refractivity contribution >= 4 is 28.8 Å². The molecule has 6 aliphatic rings. The monoisotopic (exact) mass is 520 g/mol. The van der Waals surface area contributed by atoms with E-state index in [1.807, 2.05) is 11.0 Å². The van der Waals surface area contributed by atoms with Gasteiger partial charge in [0.15, 0.2) is 0 Å². The molecule has 4 aliphatic heterocycles. The standard InChI is InChI=1S/C29H33FN4O4/c1-15(2)38-20-6-3-16(4-7-20)28(35)33-12-17-9-18(30)11-31-27(17)32-21-8-5-19(10-22(21)33)34-23-13-36-26-25(23)29(26)24(34)14-37-29/h5,8-11,15-16,20,23-26H,3-4,6-7,12-14H2,1-2H3,(H,31,32)/t16-,20-,23-,24-,25?,26+,29-/m1/s1. The van der Waals surface area contributed by atoms with Gasteiger partial charge < -0.3 is 29.3 Å². The van der Waals surface area contributed by atoms with Crippen molar-refractivity contribution < 1.29 is 23.4 Å². The number of piperidine rings is 1. The molecule has 2 aliphatic carbocycles. The van der Waals surface area contributed by atoms with E-state index in [4.69, 9.17) is 14.2 Å². The minimum Gasteiger partial charge on any atom is -0.376 e. The number of carbonyl (C=O) groups excluding carboxylic acids is 1. The van der Waals surface area contributed by atoms with E-state index >= 15 is 0 Å². The van der Waals surface area contributed by atoms with Gasteiger partial charge >= 0.3 is 0 Å². The summed E-state index contributed by atoms with van der Waals surface area (Å²) in [6.07, 6.45) is 5.19. The average molecular weight is 521 g/mol. The number of halogens is 1. The first-order valence-electron chi connectivity index (χ1n) is 14.0. The van der Waals surface area contributed by atoms with Crippen LogP contribution in [-0.4, -0.2) is 60.1 Å². The van der Waals surface area contributed by atoms with Gasteiger partial charge in [0.05, 0.1) is 67.7 Å². The largest absolute Gasteiger partial charge is 0.376 e. The number of ether oxygens (including phenoxy) is 3. The van der Waals surface area contributed by atoms with Crippen LogP contribution >= 0.6 is 0 Å². The molecular formula is C29H33FN4O4. The number of hydrogen-bond acceptors (Lipinski definition) is 7. The third-order valence-electron chi connectivity index (χ3n) is 9.59. The molecule has 0 bridgehead atoms. The number of anilines is 4. The Morgan fingerprint density at radius 3 is 2.79 bits per heavy atom. The summed E-state index contributed by atoms with van der Waals surface area (Å²) in [5, 5.41) is 3.39. The Kier molecular flexibility index (Phi) is 4.96. The van der Waals surface area contributed by atoms with Crippen LogP contribution in [0, 0.1) is 17.7 Å². The van der Waals surface area contributed by atoms with Crippen molar-refractivity contribution in [2.75, 3.05) is 28.3 Å². The van der Waals surface area contributed by atoms with E-state index in [1.54, 1.807) is 0 Å². The number of amides is 1. The zero-order valence-corrected chi connectivity index (χ0v) is 21.7. The zero-order valence-electron chi connectivity index (χ0n) is 21.7. The van der Waals surface area contributed by atoms with Gasteiger partial charge in [0.2, 0.25) is 5.91 Å². The SMILES string of the molecule is CC(C)O[C@H]1CC[C@H](C(=O)N2Cc3cc(F)cnc3Nc3ccc(N4[C@@H]5CO[C@H]6C5[C@@]65OC[C@@H]45)cc32)CC1. The second-order valence-electron chi connectivity index (χ2n) is 12.0. The predicted octanol–water partition coefficient (Wildman–Crippen LogP) is 4.15. The number of carbonyl (C=O) groups is 1. The summed E-state index contributed by atoms with van der Waals surface area (Å²) in [6, 6.07) is 8.37. The van der Waals surface area contributed by atoms with E-state index in [1.165, 1.54) is 12.3 Å². The van der Waals surface area contributed by atoms with Gasteiger partial charge in [-0.05, 0) is 63.8 Å². The van der Waals surface area contributed by atoms with Crippen molar-refractivity contribution in [2.24, 2.45) is 11.8 Å². The summed E-state index contributed by atoms with van der Waals surface area (Å²) >= 11 is 0. The van der Waals surface area contributed by atoms with Gasteiger partial charge in [-0.1, -0.05) is 0 Å². The number of pyridine rings is 1. The fourth-order valence-electron chi connectivity index (χ4n) is 7.87. The molecule has 9 heteroatoms. The van der Waals surface area contributed by atoms with E-state index in [0.717, 1.165) is 42.7 Å². The smallest absolute Gasteiger partial charge is 0.230 e. The average Bonchev–Trinajstić information content (AvgIpc) is 3.41. The van der Waals surface area contributed by atoms with E-state index in [2.05, 4.69) is 41.2 Å². The second-order valence-corrected chi connectivity index (χ2v) is 12.0. The molecule has 5 atom stereocenters. The van der Waals surface area contributed by atoms with Crippen LogP contribution in [0.25, 0.3) is 0 Å². The molecule has 5 fully saturated rings. The van der Waals surface area contributed by atoms with Gasteiger partial charge in [-0.25, -0.2) is 9.37 Å². The molecule has 1 unspecified atom stereocenters. The van der Waals surface area contributed by atoms with Crippen LogP contribution in [0.5, 0.6) is 0 Å². The fourth-order valence-corrected chi connectivity index (χ4v) is 7.87. The zero-order chi connectivity index (χ0) is 25.8. The molecule has 8 rings (SSSR count). The van der Waals surface area contributed by atoms with Gasteiger partial charge in [-0.15, -0.1) is 0 Å². The third-order valence-corrected chi connectivity index (χ3v) is 9.59.